The summed E-state index contributed by atoms with van der Waals surface area (Å²) >= 11 is 6.95. The first-order valence-corrected chi connectivity index (χ1v) is 9.76. The standard InChI is InChI=1S/C22H13ClFNO3S/c23-14-7-5-13(6-8-14)18(26)12-21-25-22(27)20(29-21)11-15-9-10-19(28-15)16-3-1-2-4-17(16)24/h1-12H,(H,25,27)/b20-11-,21-12-. The van der Waals surface area contributed by atoms with Gasteiger partial charge in [0.15, 0.2) is 5.78 Å². The summed E-state index contributed by atoms with van der Waals surface area (Å²) in [6.07, 6.45) is 2.91. The summed E-state index contributed by atoms with van der Waals surface area (Å²) in [5.41, 5.74) is 0.471. The van der Waals surface area contributed by atoms with Crippen molar-refractivity contribution in [3.63, 3.8) is 0 Å². The van der Waals surface area contributed by atoms with Crippen molar-refractivity contribution in [2.45, 2.75) is 0 Å². The number of furan rings is 1. The highest BCUT2D eigenvalue weighted by atomic mass is 35.5. The third-order valence-corrected chi connectivity index (χ3v) is 5.33. The molecule has 0 unspecified atom stereocenters. The number of H-pyrrole nitrogens is 1. The van der Waals surface area contributed by atoms with E-state index in [4.69, 9.17) is 16.0 Å². The van der Waals surface area contributed by atoms with Gasteiger partial charge in [0, 0.05) is 22.7 Å². The Labute approximate surface area is 173 Å². The molecule has 1 N–H and O–H groups in total. The van der Waals surface area contributed by atoms with Crippen molar-refractivity contribution in [3.8, 4) is 11.3 Å². The molecule has 4 rings (SSSR count). The number of hydrogen-bond donors (Lipinski definition) is 1. The number of hydrogen-bond acceptors (Lipinski definition) is 4. The molecule has 0 aliphatic heterocycles. The maximum atomic E-state index is 13.9. The van der Waals surface area contributed by atoms with Crippen molar-refractivity contribution in [1.82, 2.24) is 4.98 Å². The van der Waals surface area contributed by atoms with E-state index in [2.05, 4.69) is 4.98 Å². The van der Waals surface area contributed by atoms with Gasteiger partial charge in [-0.25, -0.2) is 4.39 Å². The van der Waals surface area contributed by atoms with Crippen LogP contribution in [0, 0.1) is 5.82 Å². The normalized spacial score (nSPS) is 12.5. The second-order valence-corrected chi connectivity index (χ2v) is 7.65. The summed E-state index contributed by atoms with van der Waals surface area (Å²) in [7, 11) is 0. The summed E-state index contributed by atoms with van der Waals surface area (Å²) in [4.78, 5) is 27.2. The fourth-order valence-electron chi connectivity index (χ4n) is 2.71. The topological polar surface area (TPSA) is 63.1 Å². The molecule has 0 radical (unpaired) electrons. The van der Waals surface area contributed by atoms with Crippen molar-refractivity contribution in [2.24, 2.45) is 0 Å². The molecule has 2 aromatic heterocycles. The molecular weight excluding hydrogens is 413 g/mol. The molecule has 0 bridgehead atoms. The van der Waals surface area contributed by atoms with Crippen LogP contribution >= 0.6 is 22.9 Å². The molecule has 0 amide bonds. The Balaban J connectivity index is 1.65. The number of halogens is 2. The van der Waals surface area contributed by atoms with E-state index in [1.807, 2.05) is 0 Å². The molecule has 29 heavy (non-hydrogen) atoms. The number of benzene rings is 2. The molecule has 0 saturated carbocycles. The molecule has 0 spiro atoms. The van der Waals surface area contributed by atoms with E-state index < -0.39 is 0 Å². The van der Waals surface area contributed by atoms with Crippen LogP contribution in [0.15, 0.2) is 69.9 Å². The van der Waals surface area contributed by atoms with Gasteiger partial charge in [-0.05, 0) is 48.5 Å². The lowest BCUT2D eigenvalue weighted by molar-refractivity contribution is 0.106. The van der Waals surface area contributed by atoms with E-state index in [1.165, 1.54) is 12.1 Å². The summed E-state index contributed by atoms with van der Waals surface area (Å²) in [6.45, 7) is 0. The largest absolute Gasteiger partial charge is 0.457 e. The van der Waals surface area contributed by atoms with Crippen LogP contribution < -0.4 is 14.8 Å². The summed E-state index contributed by atoms with van der Waals surface area (Å²) in [5, 5.41) is 0.538. The van der Waals surface area contributed by atoms with E-state index in [0.29, 0.717) is 36.9 Å². The minimum Gasteiger partial charge on any atom is -0.457 e. The molecule has 4 aromatic rings. The number of carbonyl (C=O) groups excluding carboxylic acids is 1. The number of Topliss-reactive ketones (excluding diaryl/α,β-unsaturated/α-hetero) is 1. The summed E-state index contributed by atoms with van der Waals surface area (Å²) in [5.74, 6) is 0.142. The second kappa shape index (κ2) is 8.03. The first-order chi connectivity index (χ1) is 14.0. The lowest BCUT2D eigenvalue weighted by atomic mass is 10.1. The molecule has 4 nitrogen and oxygen atoms in total. The zero-order valence-electron chi connectivity index (χ0n) is 14.8. The SMILES string of the molecule is O=C(/C=c1/[nH]c(=O)/c(=C/c2ccc(-c3ccccc3F)o2)s1)c1ccc(Cl)cc1. The van der Waals surface area contributed by atoms with Gasteiger partial charge in [0.1, 0.15) is 17.3 Å². The number of aromatic nitrogens is 1. The van der Waals surface area contributed by atoms with Gasteiger partial charge in [0.05, 0.1) is 14.8 Å². The van der Waals surface area contributed by atoms with Crippen molar-refractivity contribution < 1.29 is 13.6 Å². The van der Waals surface area contributed by atoms with Crippen LogP contribution in [-0.2, 0) is 0 Å². The van der Waals surface area contributed by atoms with Crippen LogP contribution in [0.3, 0.4) is 0 Å². The summed E-state index contributed by atoms with van der Waals surface area (Å²) < 4.78 is 20.3. The first kappa shape index (κ1) is 19.1. The van der Waals surface area contributed by atoms with Crippen molar-refractivity contribution >= 4 is 40.9 Å². The van der Waals surface area contributed by atoms with Gasteiger partial charge in [-0.1, -0.05) is 23.7 Å². The molecule has 0 saturated heterocycles. The predicted molar refractivity (Wildman–Crippen MR) is 112 cm³/mol. The van der Waals surface area contributed by atoms with Crippen LogP contribution in [-0.4, -0.2) is 10.8 Å². The zero-order chi connectivity index (χ0) is 20.4. The van der Waals surface area contributed by atoms with E-state index in [0.717, 1.165) is 11.3 Å². The average molecular weight is 426 g/mol. The highest BCUT2D eigenvalue weighted by Crippen LogP contribution is 2.24. The summed E-state index contributed by atoms with van der Waals surface area (Å²) in [6, 6.07) is 16.1. The minimum atomic E-state index is -0.389. The second-order valence-electron chi connectivity index (χ2n) is 6.13. The Hall–Kier alpha value is -3.22. The van der Waals surface area contributed by atoms with Crippen molar-refractivity contribution in [3.05, 3.63) is 102 Å². The Kier molecular flexibility index (Phi) is 5.29. The molecule has 0 aliphatic carbocycles. The molecule has 144 valence electrons. The fraction of sp³-hybridized carbons (Fsp3) is 0. The van der Waals surface area contributed by atoms with Gasteiger partial charge < -0.3 is 9.40 Å². The maximum Gasteiger partial charge on any atom is 0.266 e. The lowest BCUT2D eigenvalue weighted by Gasteiger charge is -1.97. The Morgan fingerprint density at radius 1 is 1.07 bits per heavy atom. The highest BCUT2D eigenvalue weighted by molar-refractivity contribution is 7.07. The van der Waals surface area contributed by atoms with E-state index >= 15 is 0 Å². The van der Waals surface area contributed by atoms with Crippen LogP contribution in [0.1, 0.15) is 16.1 Å². The quantitative estimate of drug-likeness (QED) is 0.503. The van der Waals surface area contributed by atoms with Crippen LogP contribution in [0.5, 0.6) is 0 Å². The van der Waals surface area contributed by atoms with E-state index in [1.54, 1.807) is 60.7 Å². The van der Waals surface area contributed by atoms with E-state index in [-0.39, 0.29) is 17.2 Å². The Morgan fingerprint density at radius 3 is 2.59 bits per heavy atom. The molecule has 0 aliphatic rings. The van der Waals surface area contributed by atoms with Crippen LogP contribution in [0.2, 0.25) is 5.02 Å². The third kappa shape index (κ3) is 4.29. The monoisotopic (exact) mass is 425 g/mol. The first-order valence-electron chi connectivity index (χ1n) is 8.57. The van der Waals surface area contributed by atoms with Crippen molar-refractivity contribution in [1.29, 1.82) is 0 Å². The van der Waals surface area contributed by atoms with Gasteiger partial charge in [0.2, 0.25) is 0 Å². The van der Waals surface area contributed by atoms with Gasteiger partial charge >= 0.3 is 0 Å². The number of rotatable bonds is 4. The Morgan fingerprint density at radius 2 is 1.83 bits per heavy atom. The maximum absolute atomic E-state index is 13.9. The molecule has 0 atom stereocenters. The smallest absolute Gasteiger partial charge is 0.266 e. The predicted octanol–water partition coefficient (Wildman–Crippen LogP) is 3.98. The zero-order valence-corrected chi connectivity index (χ0v) is 16.4. The average Bonchev–Trinajstić information content (AvgIpc) is 3.29. The number of nitrogens with one attached hydrogen (secondary N) is 1. The Bertz CT molecular complexity index is 1370. The van der Waals surface area contributed by atoms with E-state index in [9.17, 15) is 14.0 Å². The highest BCUT2D eigenvalue weighted by Gasteiger charge is 2.09. The minimum absolute atomic E-state index is 0.245. The van der Waals surface area contributed by atoms with Gasteiger partial charge in [-0.2, -0.15) is 0 Å². The number of ketones is 1. The van der Waals surface area contributed by atoms with Gasteiger partial charge in [0.25, 0.3) is 5.56 Å². The van der Waals surface area contributed by atoms with Crippen molar-refractivity contribution in [2.75, 3.05) is 0 Å². The number of carbonyl (C=O) groups is 1. The number of aromatic amines is 1. The van der Waals surface area contributed by atoms with Gasteiger partial charge in [-0.15, -0.1) is 11.3 Å². The third-order valence-electron chi connectivity index (χ3n) is 4.11. The van der Waals surface area contributed by atoms with Crippen LogP contribution in [0.4, 0.5) is 4.39 Å². The van der Waals surface area contributed by atoms with Crippen LogP contribution in [0.25, 0.3) is 23.5 Å². The molecule has 0 fully saturated rings. The molecule has 2 aromatic carbocycles. The number of thiazole rings is 1. The molecule has 7 heteroatoms. The lowest BCUT2D eigenvalue weighted by Crippen LogP contribution is -2.19. The molecule has 2 heterocycles. The fourth-order valence-corrected chi connectivity index (χ4v) is 3.70. The molecular formula is C22H13ClFNO3S. The van der Waals surface area contributed by atoms with Gasteiger partial charge in [-0.3, -0.25) is 9.59 Å².